The van der Waals surface area contributed by atoms with Gasteiger partial charge in [-0.05, 0) is 155 Å². The number of hydrogen-bond acceptors (Lipinski definition) is 1. The minimum Gasteiger partial charge on any atom is -0.311 e. The van der Waals surface area contributed by atoms with Crippen molar-refractivity contribution in [1.29, 1.82) is 0 Å². The summed E-state index contributed by atoms with van der Waals surface area (Å²) in [7, 11) is 0. The van der Waals surface area contributed by atoms with Crippen LogP contribution in [0, 0.1) is 0 Å². The van der Waals surface area contributed by atoms with Crippen molar-refractivity contribution < 1.29 is 0 Å². The molecule has 2 nitrogen and oxygen atoms in total. The van der Waals surface area contributed by atoms with Crippen LogP contribution < -0.4 is 4.90 Å². The number of benzene rings is 12. The Morgan fingerprint density at radius 2 is 0.652 bits per heavy atom. The van der Waals surface area contributed by atoms with Gasteiger partial charge in [0.05, 0.1) is 11.0 Å². The van der Waals surface area contributed by atoms with Gasteiger partial charge in [0.15, 0.2) is 0 Å². The lowest BCUT2D eigenvalue weighted by Gasteiger charge is -2.25. The lowest BCUT2D eigenvalue weighted by molar-refractivity contribution is 1.18. The molecule has 66 heavy (non-hydrogen) atoms. The van der Waals surface area contributed by atoms with Gasteiger partial charge in [0, 0.05) is 33.5 Å². The highest BCUT2D eigenvalue weighted by Gasteiger charge is 2.18. The SMILES string of the molecule is c1ccc(N(c2ccccc2)c2ccc(-c3ccc4c(c3)c3cc(-c5cccc6ccccc56)ccc3n4-c3ccc(-c4ccc5c6ccccc6c6ccccc6c5c4)cc3)cc2)cc1. The summed E-state index contributed by atoms with van der Waals surface area (Å²) >= 11 is 0. The Bertz CT molecular complexity index is 3880. The van der Waals surface area contributed by atoms with Gasteiger partial charge in [-0.3, -0.25) is 0 Å². The molecule has 1 heterocycles. The van der Waals surface area contributed by atoms with Crippen molar-refractivity contribution in [1.82, 2.24) is 4.57 Å². The van der Waals surface area contributed by atoms with Crippen molar-refractivity contribution >= 4 is 82.0 Å². The average Bonchev–Trinajstić information content (AvgIpc) is 3.72. The summed E-state index contributed by atoms with van der Waals surface area (Å²) in [6, 6.07) is 93.2. The molecule has 1 aromatic heterocycles. The van der Waals surface area contributed by atoms with E-state index in [0.717, 1.165) is 22.7 Å². The summed E-state index contributed by atoms with van der Waals surface area (Å²) in [4.78, 5) is 2.31. The maximum Gasteiger partial charge on any atom is 0.0541 e. The van der Waals surface area contributed by atoms with Crippen LogP contribution in [0.4, 0.5) is 17.1 Å². The molecule has 0 radical (unpaired) electrons. The Morgan fingerprint density at radius 1 is 0.242 bits per heavy atom. The van der Waals surface area contributed by atoms with Crippen molar-refractivity contribution in [2.24, 2.45) is 0 Å². The van der Waals surface area contributed by atoms with E-state index in [1.807, 2.05) is 0 Å². The minimum atomic E-state index is 1.11. The fourth-order valence-corrected chi connectivity index (χ4v) is 10.4. The zero-order valence-electron chi connectivity index (χ0n) is 36.1. The van der Waals surface area contributed by atoms with Gasteiger partial charge in [0.2, 0.25) is 0 Å². The lowest BCUT2D eigenvalue weighted by Crippen LogP contribution is -2.09. The number of nitrogens with zero attached hydrogens (tertiary/aromatic N) is 2. The molecule has 12 aromatic carbocycles. The summed E-state index contributed by atoms with van der Waals surface area (Å²) in [6.45, 7) is 0. The summed E-state index contributed by atoms with van der Waals surface area (Å²) in [5.41, 5.74) is 14.1. The van der Waals surface area contributed by atoms with Crippen LogP contribution in [-0.2, 0) is 0 Å². The number of rotatable bonds is 7. The lowest BCUT2D eigenvalue weighted by atomic mass is 9.92. The number of aromatic nitrogens is 1. The van der Waals surface area contributed by atoms with Gasteiger partial charge in [-0.25, -0.2) is 0 Å². The summed E-state index contributed by atoms with van der Waals surface area (Å²) in [6.07, 6.45) is 0. The van der Waals surface area contributed by atoms with Gasteiger partial charge >= 0.3 is 0 Å². The normalized spacial score (nSPS) is 11.6. The van der Waals surface area contributed by atoms with E-state index in [2.05, 4.69) is 264 Å². The third-order valence-electron chi connectivity index (χ3n) is 13.6. The Morgan fingerprint density at radius 3 is 1.26 bits per heavy atom. The summed E-state index contributed by atoms with van der Waals surface area (Å²) in [5.74, 6) is 0. The predicted octanol–water partition coefficient (Wildman–Crippen LogP) is 17.9. The summed E-state index contributed by atoms with van der Waals surface area (Å²) in [5, 5.41) is 12.7. The zero-order valence-corrected chi connectivity index (χ0v) is 36.1. The third-order valence-corrected chi connectivity index (χ3v) is 13.6. The van der Waals surface area contributed by atoms with Gasteiger partial charge in [-0.15, -0.1) is 0 Å². The fraction of sp³-hybridized carbons (Fsp3) is 0. The van der Waals surface area contributed by atoms with E-state index in [0.29, 0.717) is 0 Å². The molecule has 0 atom stereocenters. The van der Waals surface area contributed by atoms with E-state index >= 15 is 0 Å². The highest BCUT2D eigenvalue weighted by molar-refractivity contribution is 6.25. The predicted molar refractivity (Wildman–Crippen MR) is 282 cm³/mol. The first kappa shape index (κ1) is 37.8. The Hall–Kier alpha value is -8.72. The van der Waals surface area contributed by atoms with E-state index in [1.165, 1.54) is 98.3 Å². The molecule has 0 aliphatic carbocycles. The van der Waals surface area contributed by atoms with E-state index in [1.54, 1.807) is 0 Å². The van der Waals surface area contributed by atoms with E-state index in [-0.39, 0.29) is 0 Å². The maximum absolute atomic E-state index is 2.44. The van der Waals surface area contributed by atoms with Crippen LogP contribution in [0.1, 0.15) is 0 Å². The molecule has 0 saturated heterocycles. The third kappa shape index (κ3) is 6.26. The summed E-state index contributed by atoms with van der Waals surface area (Å²) < 4.78 is 2.44. The molecular weight excluding hydrogens is 797 g/mol. The molecule has 0 spiro atoms. The van der Waals surface area contributed by atoms with Crippen LogP contribution in [0.5, 0.6) is 0 Å². The monoisotopic (exact) mass is 838 g/mol. The van der Waals surface area contributed by atoms with Crippen LogP contribution in [0.25, 0.3) is 104 Å². The van der Waals surface area contributed by atoms with Crippen molar-refractivity contribution in [3.8, 4) is 39.1 Å². The van der Waals surface area contributed by atoms with Crippen LogP contribution >= 0.6 is 0 Å². The molecular formula is C64H42N2. The largest absolute Gasteiger partial charge is 0.311 e. The number of para-hydroxylation sites is 2. The number of hydrogen-bond donors (Lipinski definition) is 0. The molecule has 308 valence electrons. The van der Waals surface area contributed by atoms with E-state index in [9.17, 15) is 0 Å². The Labute approximate surface area is 383 Å². The van der Waals surface area contributed by atoms with E-state index < -0.39 is 0 Å². The van der Waals surface area contributed by atoms with Crippen molar-refractivity contribution in [2.45, 2.75) is 0 Å². The first-order valence-corrected chi connectivity index (χ1v) is 22.7. The van der Waals surface area contributed by atoms with Crippen molar-refractivity contribution in [2.75, 3.05) is 4.90 Å². The second kappa shape index (κ2) is 15.5. The molecule has 13 aromatic rings. The highest BCUT2D eigenvalue weighted by Crippen LogP contribution is 2.42. The molecule has 2 heteroatoms. The van der Waals surface area contributed by atoms with Crippen molar-refractivity contribution in [3.05, 3.63) is 255 Å². The minimum absolute atomic E-state index is 1.11. The first-order valence-electron chi connectivity index (χ1n) is 22.7. The van der Waals surface area contributed by atoms with Crippen LogP contribution in [0.15, 0.2) is 255 Å². The van der Waals surface area contributed by atoms with E-state index in [4.69, 9.17) is 0 Å². The number of anilines is 3. The van der Waals surface area contributed by atoms with Crippen LogP contribution in [0.2, 0.25) is 0 Å². The second-order valence-electron chi connectivity index (χ2n) is 17.3. The van der Waals surface area contributed by atoms with Crippen molar-refractivity contribution in [3.63, 3.8) is 0 Å². The molecule has 0 amide bonds. The van der Waals surface area contributed by atoms with Gasteiger partial charge in [0.25, 0.3) is 0 Å². The second-order valence-corrected chi connectivity index (χ2v) is 17.3. The topological polar surface area (TPSA) is 8.17 Å². The quantitative estimate of drug-likeness (QED) is 0.145. The average molecular weight is 839 g/mol. The van der Waals surface area contributed by atoms with Gasteiger partial charge in [-0.2, -0.15) is 0 Å². The van der Waals surface area contributed by atoms with Crippen LogP contribution in [-0.4, -0.2) is 4.57 Å². The fourth-order valence-electron chi connectivity index (χ4n) is 10.4. The molecule has 0 aliphatic heterocycles. The standard InChI is InChI=1S/C64H42N2/c1-3-16-49(17-4-1)65(50-18-5-2-6-19-50)51-33-26-44(27-34-51)47-31-38-63-61(41-47)62-42-48(54-25-13-15-45-14-7-8-20-53(45)54)32-39-64(62)66(63)52-35-28-43(29-36-52)46-30-37-59-57-23-10-9-21-55(57)56-22-11-12-24-58(56)60(59)40-46/h1-42H. The molecule has 0 bridgehead atoms. The molecule has 0 N–H and O–H groups in total. The highest BCUT2D eigenvalue weighted by atomic mass is 15.1. The number of fused-ring (bicyclic) bond motifs is 10. The molecule has 0 fully saturated rings. The Kier molecular flexibility index (Phi) is 8.89. The Balaban J connectivity index is 0.934. The molecule has 0 aliphatic rings. The van der Waals surface area contributed by atoms with Gasteiger partial charge in [-0.1, -0.05) is 176 Å². The molecule has 13 rings (SSSR count). The smallest absolute Gasteiger partial charge is 0.0541 e. The van der Waals surface area contributed by atoms with Gasteiger partial charge in [0.1, 0.15) is 0 Å². The first-order chi connectivity index (χ1) is 32.7. The van der Waals surface area contributed by atoms with Crippen LogP contribution in [0.3, 0.4) is 0 Å². The van der Waals surface area contributed by atoms with Gasteiger partial charge < -0.3 is 9.47 Å². The maximum atomic E-state index is 2.44. The zero-order chi connectivity index (χ0) is 43.6. The molecule has 0 unspecified atom stereocenters. The molecule has 0 saturated carbocycles.